The third kappa shape index (κ3) is 1.30. The van der Waals surface area contributed by atoms with Gasteiger partial charge in [-0.15, -0.1) is 0 Å². The summed E-state index contributed by atoms with van der Waals surface area (Å²) >= 11 is 0. The molecule has 0 aliphatic rings. The lowest BCUT2D eigenvalue weighted by Gasteiger charge is -1.97. The fourth-order valence-corrected chi connectivity index (χ4v) is 1.50. The zero-order valence-corrected chi connectivity index (χ0v) is 7.50. The molecule has 0 radical (unpaired) electrons. The highest BCUT2D eigenvalue weighted by molar-refractivity contribution is 5.75. The van der Waals surface area contributed by atoms with Crippen molar-refractivity contribution in [2.45, 2.75) is 6.42 Å². The van der Waals surface area contributed by atoms with Crippen molar-refractivity contribution in [2.75, 3.05) is 6.67 Å². The van der Waals surface area contributed by atoms with Crippen molar-refractivity contribution in [1.29, 1.82) is 0 Å². The summed E-state index contributed by atoms with van der Waals surface area (Å²) in [6, 6.07) is 7.83. The number of halogens is 1. The van der Waals surface area contributed by atoms with E-state index in [0.29, 0.717) is 6.42 Å². The second-order valence-corrected chi connectivity index (χ2v) is 3.01. The Morgan fingerprint density at radius 1 is 1.38 bits per heavy atom. The van der Waals surface area contributed by atoms with E-state index in [2.05, 4.69) is 4.98 Å². The number of hydrogen-bond donors (Lipinski definition) is 0. The van der Waals surface area contributed by atoms with Crippen LogP contribution in [0, 0.1) is 0 Å². The molecule has 0 saturated carbocycles. The smallest absolute Gasteiger partial charge is 0.112 e. The summed E-state index contributed by atoms with van der Waals surface area (Å²) < 4.78 is 14.1. The Labute approximate surface area is 76.0 Å². The van der Waals surface area contributed by atoms with E-state index in [0.717, 1.165) is 16.9 Å². The first kappa shape index (κ1) is 8.23. The number of fused-ring (bicyclic) bond motifs is 1. The fraction of sp³-hybridized carbons (Fsp3) is 0.300. The van der Waals surface area contributed by atoms with Gasteiger partial charge in [0.15, 0.2) is 0 Å². The highest BCUT2D eigenvalue weighted by Crippen LogP contribution is 2.14. The first-order valence-corrected chi connectivity index (χ1v) is 4.29. The predicted octanol–water partition coefficient (Wildman–Crippen LogP) is 2.09. The van der Waals surface area contributed by atoms with Crippen molar-refractivity contribution in [3.8, 4) is 0 Å². The number of rotatable bonds is 2. The molecule has 0 bridgehead atoms. The molecule has 13 heavy (non-hydrogen) atoms. The standard InChI is InChI=1S/C10H11FN2/c1-13-9-5-3-2-4-8(9)12-10(13)6-7-11/h2-5H,6-7H2,1H3. The van der Waals surface area contributed by atoms with Crippen LogP contribution in [0.25, 0.3) is 11.0 Å². The highest BCUT2D eigenvalue weighted by Gasteiger charge is 2.05. The van der Waals surface area contributed by atoms with Gasteiger partial charge in [0.05, 0.1) is 17.7 Å². The summed E-state index contributed by atoms with van der Waals surface area (Å²) in [5.74, 6) is 0.809. The number of alkyl halides is 1. The number of imidazole rings is 1. The Morgan fingerprint density at radius 3 is 2.85 bits per heavy atom. The zero-order chi connectivity index (χ0) is 9.26. The average Bonchev–Trinajstić information content (AvgIpc) is 2.46. The lowest BCUT2D eigenvalue weighted by Crippen LogP contribution is -1.98. The lowest BCUT2D eigenvalue weighted by molar-refractivity contribution is 0.484. The minimum absolute atomic E-state index is 0.350. The molecule has 68 valence electrons. The quantitative estimate of drug-likeness (QED) is 0.688. The number of benzene rings is 1. The Morgan fingerprint density at radius 2 is 2.15 bits per heavy atom. The summed E-state index contributed by atoms with van der Waals surface area (Å²) in [6.07, 6.45) is 0.394. The van der Waals surface area contributed by atoms with E-state index in [1.54, 1.807) is 0 Å². The summed E-state index contributed by atoms with van der Waals surface area (Å²) in [7, 11) is 1.92. The Bertz CT molecular complexity index is 420. The van der Waals surface area contributed by atoms with Gasteiger partial charge in [-0.3, -0.25) is 4.39 Å². The van der Waals surface area contributed by atoms with Gasteiger partial charge in [0.2, 0.25) is 0 Å². The van der Waals surface area contributed by atoms with Crippen molar-refractivity contribution in [2.24, 2.45) is 7.05 Å². The van der Waals surface area contributed by atoms with Crippen molar-refractivity contribution >= 4 is 11.0 Å². The van der Waals surface area contributed by atoms with Crippen LogP contribution in [0.1, 0.15) is 5.82 Å². The van der Waals surface area contributed by atoms with E-state index >= 15 is 0 Å². The van der Waals surface area contributed by atoms with Gasteiger partial charge in [-0.2, -0.15) is 0 Å². The Kier molecular flexibility index (Phi) is 2.00. The Hall–Kier alpha value is -1.38. The van der Waals surface area contributed by atoms with Gasteiger partial charge < -0.3 is 4.57 Å². The van der Waals surface area contributed by atoms with Crippen molar-refractivity contribution in [3.05, 3.63) is 30.1 Å². The number of para-hydroxylation sites is 2. The molecule has 0 unspecified atom stereocenters. The van der Waals surface area contributed by atoms with Gasteiger partial charge in [-0.25, -0.2) is 4.98 Å². The molecule has 0 atom stereocenters. The van der Waals surface area contributed by atoms with Gasteiger partial charge in [-0.05, 0) is 12.1 Å². The minimum Gasteiger partial charge on any atom is -0.331 e. The van der Waals surface area contributed by atoms with Crippen LogP contribution in [0.3, 0.4) is 0 Å². The van der Waals surface area contributed by atoms with E-state index in [4.69, 9.17) is 0 Å². The first-order chi connectivity index (χ1) is 6.33. The summed E-state index contributed by atoms with van der Waals surface area (Å²) in [4.78, 5) is 4.32. The van der Waals surface area contributed by atoms with Gasteiger partial charge in [0, 0.05) is 13.5 Å². The van der Waals surface area contributed by atoms with Gasteiger partial charge in [0.25, 0.3) is 0 Å². The SMILES string of the molecule is Cn1c(CCF)nc2ccccc21. The Balaban J connectivity index is 2.60. The van der Waals surface area contributed by atoms with Crippen LogP contribution in [0.2, 0.25) is 0 Å². The highest BCUT2D eigenvalue weighted by atomic mass is 19.1. The molecule has 1 heterocycles. The summed E-state index contributed by atoms with van der Waals surface area (Å²) in [6.45, 7) is -0.350. The maximum absolute atomic E-state index is 12.1. The fourth-order valence-electron chi connectivity index (χ4n) is 1.50. The number of hydrogen-bond acceptors (Lipinski definition) is 1. The molecule has 2 rings (SSSR count). The van der Waals surface area contributed by atoms with Crippen molar-refractivity contribution in [3.63, 3.8) is 0 Å². The molecule has 1 aromatic carbocycles. The van der Waals surface area contributed by atoms with E-state index in [1.807, 2.05) is 35.9 Å². The minimum atomic E-state index is -0.350. The third-order valence-electron chi connectivity index (χ3n) is 2.20. The summed E-state index contributed by atoms with van der Waals surface area (Å²) in [5.41, 5.74) is 2.00. The molecular weight excluding hydrogens is 167 g/mol. The molecule has 2 aromatic rings. The molecule has 3 heteroatoms. The van der Waals surface area contributed by atoms with Crippen LogP contribution in [-0.2, 0) is 13.5 Å². The third-order valence-corrected chi connectivity index (χ3v) is 2.20. The van der Waals surface area contributed by atoms with Gasteiger partial charge in [0.1, 0.15) is 5.82 Å². The lowest BCUT2D eigenvalue weighted by atomic mass is 10.3. The zero-order valence-electron chi connectivity index (χ0n) is 7.50. The molecule has 0 aliphatic heterocycles. The number of nitrogens with zero attached hydrogens (tertiary/aromatic N) is 2. The molecule has 0 saturated heterocycles. The molecule has 0 fully saturated rings. The average molecular weight is 178 g/mol. The van der Waals surface area contributed by atoms with Crippen molar-refractivity contribution < 1.29 is 4.39 Å². The van der Waals surface area contributed by atoms with Crippen LogP contribution in [0.4, 0.5) is 4.39 Å². The topological polar surface area (TPSA) is 17.8 Å². The number of aryl methyl sites for hydroxylation is 2. The molecule has 0 spiro atoms. The van der Waals surface area contributed by atoms with Crippen LogP contribution in [0.5, 0.6) is 0 Å². The number of aromatic nitrogens is 2. The van der Waals surface area contributed by atoms with Gasteiger partial charge >= 0.3 is 0 Å². The van der Waals surface area contributed by atoms with E-state index in [1.165, 1.54) is 0 Å². The predicted molar refractivity (Wildman–Crippen MR) is 50.4 cm³/mol. The normalized spacial score (nSPS) is 10.9. The monoisotopic (exact) mass is 178 g/mol. The van der Waals surface area contributed by atoms with Crippen molar-refractivity contribution in [1.82, 2.24) is 9.55 Å². The second kappa shape index (κ2) is 3.17. The molecule has 1 aromatic heterocycles. The maximum atomic E-state index is 12.1. The van der Waals surface area contributed by atoms with Crippen LogP contribution in [-0.4, -0.2) is 16.2 Å². The van der Waals surface area contributed by atoms with E-state index in [-0.39, 0.29) is 6.67 Å². The molecule has 0 N–H and O–H groups in total. The van der Waals surface area contributed by atoms with E-state index in [9.17, 15) is 4.39 Å². The molecule has 0 aliphatic carbocycles. The molecular formula is C10H11FN2. The van der Waals surface area contributed by atoms with E-state index < -0.39 is 0 Å². The summed E-state index contributed by atoms with van der Waals surface area (Å²) in [5, 5.41) is 0. The second-order valence-electron chi connectivity index (χ2n) is 3.01. The van der Waals surface area contributed by atoms with Gasteiger partial charge in [-0.1, -0.05) is 12.1 Å². The maximum Gasteiger partial charge on any atom is 0.112 e. The molecule has 0 amide bonds. The largest absolute Gasteiger partial charge is 0.331 e. The molecule has 2 nitrogen and oxygen atoms in total. The van der Waals surface area contributed by atoms with Crippen LogP contribution in [0.15, 0.2) is 24.3 Å². The van der Waals surface area contributed by atoms with Crippen LogP contribution < -0.4 is 0 Å². The first-order valence-electron chi connectivity index (χ1n) is 4.29. The van der Waals surface area contributed by atoms with Crippen LogP contribution >= 0.6 is 0 Å².